The van der Waals surface area contributed by atoms with Crippen LogP contribution < -0.4 is 10.1 Å². The van der Waals surface area contributed by atoms with Gasteiger partial charge in [0.15, 0.2) is 0 Å². The highest BCUT2D eigenvalue weighted by atomic mass is 35.5. The van der Waals surface area contributed by atoms with Gasteiger partial charge in [0, 0.05) is 16.3 Å². The van der Waals surface area contributed by atoms with Gasteiger partial charge in [-0.1, -0.05) is 23.2 Å². The minimum atomic E-state index is -0.605. The molecule has 128 valence electrons. The van der Waals surface area contributed by atoms with Crippen LogP contribution >= 0.6 is 23.2 Å². The minimum absolute atomic E-state index is 0.0731. The van der Waals surface area contributed by atoms with Gasteiger partial charge in [0.05, 0.1) is 11.6 Å². The maximum atomic E-state index is 12.3. The van der Waals surface area contributed by atoms with Gasteiger partial charge in [-0.25, -0.2) is 0 Å². The van der Waals surface area contributed by atoms with Gasteiger partial charge < -0.3 is 15.2 Å². The molecule has 25 heavy (non-hydrogen) atoms. The average Bonchev–Trinajstić information content (AvgIpc) is 2.57. The minimum Gasteiger partial charge on any atom is -0.508 e. The number of amides is 1. The van der Waals surface area contributed by atoms with Crippen molar-refractivity contribution in [1.82, 2.24) is 0 Å². The van der Waals surface area contributed by atoms with E-state index in [-0.39, 0.29) is 16.3 Å². The number of benzene rings is 2. The lowest BCUT2D eigenvalue weighted by Gasteiger charge is -2.11. The number of ether oxygens (including phenoxy) is 1. The van der Waals surface area contributed by atoms with Crippen LogP contribution in [-0.2, 0) is 4.79 Å². The fraction of sp³-hybridized carbons (Fsp3) is 0.111. The first-order valence-corrected chi connectivity index (χ1v) is 8.04. The summed E-state index contributed by atoms with van der Waals surface area (Å²) in [4.78, 5) is 12.3. The maximum Gasteiger partial charge on any atom is 0.266 e. The number of phenolic OH excluding ortho intramolecular Hbond substituents is 1. The summed E-state index contributed by atoms with van der Waals surface area (Å²) in [5.41, 5.74) is 0.724. The van der Waals surface area contributed by atoms with E-state index < -0.39 is 5.91 Å². The van der Waals surface area contributed by atoms with E-state index in [2.05, 4.69) is 5.32 Å². The molecular formula is C18H14Cl2N2O3. The highest BCUT2D eigenvalue weighted by Gasteiger charge is 2.14. The Morgan fingerprint density at radius 2 is 2.00 bits per heavy atom. The first-order chi connectivity index (χ1) is 11.9. The van der Waals surface area contributed by atoms with Crippen molar-refractivity contribution in [1.29, 1.82) is 5.26 Å². The Kier molecular flexibility index (Phi) is 6.29. The molecule has 1 amide bonds. The number of carbonyl (C=O) groups excluding carboxylic acids is 1. The normalized spacial score (nSPS) is 10.9. The molecule has 7 heteroatoms. The van der Waals surface area contributed by atoms with Gasteiger partial charge in [-0.15, -0.1) is 0 Å². The average molecular weight is 377 g/mol. The predicted molar refractivity (Wildman–Crippen MR) is 98.0 cm³/mol. The lowest BCUT2D eigenvalue weighted by Crippen LogP contribution is -2.13. The Balaban J connectivity index is 2.35. The van der Waals surface area contributed by atoms with Gasteiger partial charge in [-0.2, -0.15) is 5.26 Å². The highest BCUT2D eigenvalue weighted by molar-refractivity contribution is 6.36. The van der Waals surface area contributed by atoms with E-state index in [0.29, 0.717) is 28.6 Å². The molecule has 2 N–H and O–H groups in total. The van der Waals surface area contributed by atoms with Crippen molar-refractivity contribution >= 4 is 40.9 Å². The monoisotopic (exact) mass is 376 g/mol. The van der Waals surface area contributed by atoms with E-state index in [4.69, 9.17) is 27.9 Å². The number of nitrogens with zero attached hydrogens (tertiary/aromatic N) is 1. The van der Waals surface area contributed by atoms with Crippen molar-refractivity contribution in [3.8, 4) is 17.6 Å². The zero-order valence-corrected chi connectivity index (χ0v) is 14.7. The summed E-state index contributed by atoms with van der Waals surface area (Å²) in [6.07, 6.45) is 1.36. The molecular weight excluding hydrogens is 363 g/mol. The van der Waals surface area contributed by atoms with Crippen LogP contribution in [0.15, 0.2) is 42.0 Å². The standard InChI is InChI=1S/C18H14Cl2N2O3/c1-2-25-17-11(8-13(19)9-16(17)20)7-12(10-21)18(24)22-14-3-5-15(23)6-4-14/h3-9,23H,2H2,1H3,(H,22,24)/b12-7+. The third-order valence-corrected chi connectivity index (χ3v) is 3.61. The Bertz CT molecular complexity index is 856. The maximum absolute atomic E-state index is 12.3. The van der Waals surface area contributed by atoms with E-state index >= 15 is 0 Å². The van der Waals surface area contributed by atoms with Crippen LogP contribution in [0.1, 0.15) is 12.5 Å². The van der Waals surface area contributed by atoms with Gasteiger partial charge >= 0.3 is 0 Å². The molecule has 0 bridgehead atoms. The summed E-state index contributed by atoms with van der Waals surface area (Å²) < 4.78 is 5.48. The topological polar surface area (TPSA) is 82.3 Å². The number of hydrogen-bond donors (Lipinski definition) is 2. The molecule has 0 aliphatic rings. The number of carbonyl (C=O) groups is 1. The molecule has 0 aliphatic carbocycles. The van der Waals surface area contributed by atoms with E-state index in [1.807, 2.05) is 6.07 Å². The Labute approximate surface area is 155 Å². The Morgan fingerprint density at radius 3 is 2.60 bits per heavy atom. The third-order valence-electron chi connectivity index (χ3n) is 3.12. The first kappa shape index (κ1) is 18.7. The summed E-state index contributed by atoms with van der Waals surface area (Å²) in [5.74, 6) is -0.186. The van der Waals surface area contributed by atoms with Gasteiger partial charge in [-0.05, 0) is 49.4 Å². The summed E-state index contributed by atoms with van der Waals surface area (Å²) >= 11 is 12.1. The molecule has 0 fully saturated rings. The molecule has 0 aliphatic heterocycles. The SMILES string of the molecule is CCOc1c(Cl)cc(Cl)cc1/C=C(\C#N)C(=O)Nc1ccc(O)cc1. The van der Waals surface area contributed by atoms with Crippen molar-refractivity contribution in [3.63, 3.8) is 0 Å². The largest absolute Gasteiger partial charge is 0.508 e. The summed E-state index contributed by atoms with van der Waals surface area (Å²) in [5, 5.41) is 21.8. The van der Waals surface area contributed by atoms with Gasteiger partial charge in [-0.3, -0.25) is 4.79 Å². The van der Waals surface area contributed by atoms with Gasteiger partial charge in [0.25, 0.3) is 5.91 Å². The molecule has 0 saturated heterocycles. The number of nitriles is 1. The number of aromatic hydroxyl groups is 1. The first-order valence-electron chi connectivity index (χ1n) is 7.28. The number of nitrogens with one attached hydrogen (secondary N) is 1. The van der Waals surface area contributed by atoms with E-state index in [1.165, 1.54) is 36.4 Å². The van der Waals surface area contributed by atoms with Crippen LogP contribution in [0.3, 0.4) is 0 Å². The van der Waals surface area contributed by atoms with Crippen LogP contribution in [0.5, 0.6) is 11.5 Å². The molecule has 0 aromatic heterocycles. The zero-order valence-electron chi connectivity index (χ0n) is 13.2. The molecule has 0 saturated carbocycles. The number of phenols is 1. The van der Waals surface area contributed by atoms with Gasteiger partial charge in [0.1, 0.15) is 23.1 Å². The molecule has 2 rings (SSSR count). The van der Waals surface area contributed by atoms with E-state index in [0.717, 1.165) is 0 Å². The van der Waals surface area contributed by atoms with Crippen molar-refractivity contribution in [3.05, 3.63) is 57.6 Å². The molecule has 5 nitrogen and oxygen atoms in total. The molecule has 2 aromatic rings. The Hall–Kier alpha value is -2.68. The lowest BCUT2D eigenvalue weighted by atomic mass is 10.1. The quantitative estimate of drug-likeness (QED) is 0.452. The lowest BCUT2D eigenvalue weighted by molar-refractivity contribution is -0.112. The van der Waals surface area contributed by atoms with Crippen molar-refractivity contribution in [2.45, 2.75) is 6.92 Å². The molecule has 0 heterocycles. The fourth-order valence-corrected chi connectivity index (χ4v) is 2.60. The summed E-state index contributed by atoms with van der Waals surface area (Å²) in [6.45, 7) is 2.16. The molecule has 2 aromatic carbocycles. The number of hydrogen-bond acceptors (Lipinski definition) is 4. The second-order valence-electron chi connectivity index (χ2n) is 4.91. The summed E-state index contributed by atoms with van der Waals surface area (Å²) in [7, 11) is 0. The van der Waals surface area contributed by atoms with Crippen molar-refractivity contribution in [2.24, 2.45) is 0 Å². The third kappa shape index (κ3) is 4.90. The van der Waals surface area contributed by atoms with Crippen LogP contribution in [0, 0.1) is 11.3 Å². The number of anilines is 1. The van der Waals surface area contributed by atoms with Crippen LogP contribution in [-0.4, -0.2) is 17.6 Å². The van der Waals surface area contributed by atoms with Crippen LogP contribution in [0.4, 0.5) is 5.69 Å². The van der Waals surface area contributed by atoms with Gasteiger partial charge in [0.2, 0.25) is 0 Å². The highest BCUT2D eigenvalue weighted by Crippen LogP contribution is 2.34. The Morgan fingerprint density at radius 1 is 1.32 bits per heavy atom. The number of halogens is 2. The van der Waals surface area contributed by atoms with Crippen LogP contribution in [0.2, 0.25) is 10.0 Å². The molecule has 0 radical (unpaired) electrons. The van der Waals surface area contributed by atoms with Crippen molar-refractivity contribution in [2.75, 3.05) is 11.9 Å². The second-order valence-corrected chi connectivity index (χ2v) is 5.75. The fourth-order valence-electron chi connectivity index (χ4n) is 2.03. The number of rotatable bonds is 5. The van der Waals surface area contributed by atoms with E-state index in [9.17, 15) is 15.2 Å². The second kappa shape index (κ2) is 8.43. The molecule has 0 atom stereocenters. The molecule has 0 spiro atoms. The smallest absolute Gasteiger partial charge is 0.266 e. The van der Waals surface area contributed by atoms with Crippen molar-refractivity contribution < 1.29 is 14.6 Å². The van der Waals surface area contributed by atoms with Crippen LogP contribution in [0.25, 0.3) is 6.08 Å². The predicted octanol–water partition coefficient (Wildman–Crippen LogP) is 4.64. The van der Waals surface area contributed by atoms with E-state index in [1.54, 1.807) is 13.0 Å². The molecule has 0 unspecified atom stereocenters. The zero-order chi connectivity index (χ0) is 18.4. The summed E-state index contributed by atoms with van der Waals surface area (Å²) in [6, 6.07) is 10.8.